The minimum absolute atomic E-state index is 0.328. The Kier molecular flexibility index (Phi) is 4.46. The van der Waals surface area contributed by atoms with Crippen molar-refractivity contribution in [3.63, 3.8) is 0 Å². The highest BCUT2D eigenvalue weighted by Gasteiger charge is 2.08. The summed E-state index contributed by atoms with van der Waals surface area (Å²) in [7, 11) is 0. The summed E-state index contributed by atoms with van der Waals surface area (Å²) < 4.78 is 4.93. The summed E-state index contributed by atoms with van der Waals surface area (Å²) in [5.41, 5.74) is 2.26. The Morgan fingerprint density at radius 1 is 1.11 bits per heavy atom. The van der Waals surface area contributed by atoms with E-state index in [1.807, 2.05) is 12.1 Å². The van der Waals surface area contributed by atoms with Crippen LogP contribution in [0.2, 0.25) is 10.0 Å². The van der Waals surface area contributed by atoms with Crippen molar-refractivity contribution in [2.75, 3.05) is 6.61 Å². The molecule has 0 fully saturated rings. The average Bonchev–Trinajstić information content (AvgIpc) is 2.42. The molecule has 2 aromatic carbocycles. The monoisotopic (exact) mass is 294 g/mol. The highest BCUT2D eigenvalue weighted by atomic mass is 35.5. The summed E-state index contributed by atoms with van der Waals surface area (Å²) in [6.45, 7) is 2.14. The minimum atomic E-state index is -0.328. The third-order valence-electron chi connectivity index (χ3n) is 2.64. The molecule has 2 rings (SSSR count). The van der Waals surface area contributed by atoms with Crippen LogP contribution in [-0.2, 0) is 4.74 Å². The van der Waals surface area contributed by atoms with Gasteiger partial charge < -0.3 is 4.74 Å². The maximum atomic E-state index is 11.5. The van der Waals surface area contributed by atoms with Gasteiger partial charge in [-0.3, -0.25) is 0 Å². The van der Waals surface area contributed by atoms with E-state index in [2.05, 4.69) is 0 Å². The number of carbonyl (C=O) groups excluding carboxylic acids is 1. The van der Waals surface area contributed by atoms with Gasteiger partial charge in [0.2, 0.25) is 0 Å². The van der Waals surface area contributed by atoms with E-state index in [4.69, 9.17) is 27.9 Å². The molecule has 0 aliphatic carbocycles. The molecule has 0 aromatic heterocycles. The second-order valence-corrected chi connectivity index (χ2v) is 4.77. The van der Waals surface area contributed by atoms with Gasteiger partial charge in [0.15, 0.2) is 0 Å². The predicted molar refractivity (Wildman–Crippen MR) is 77.9 cm³/mol. The lowest BCUT2D eigenvalue weighted by molar-refractivity contribution is 0.0526. The van der Waals surface area contributed by atoms with Crippen molar-refractivity contribution in [3.8, 4) is 11.1 Å². The van der Waals surface area contributed by atoms with Gasteiger partial charge in [0.1, 0.15) is 0 Å². The number of rotatable bonds is 3. The van der Waals surface area contributed by atoms with Crippen LogP contribution in [0.15, 0.2) is 42.5 Å². The van der Waals surface area contributed by atoms with Gasteiger partial charge in [-0.05, 0) is 42.8 Å². The molecule has 0 saturated carbocycles. The molecule has 0 saturated heterocycles. The molecule has 0 spiro atoms. The molecule has 0 unspecified atom stereocenters. The van der Waals surface area contributed by atoms with Gasteiger partial charge in [0.05, 0.1) is 12.2 Å². The van der Waals surface area contributed by atoms with E-state index in [1.54, 1.807) is 37.3 Å². The Balaban J connectivity index is 2.32. The largest absolute Gasteiger partial charge is 0.462 e. The first kappa shape index (κ1) is 13.9. The molecule has 2 nitrogen and oxygen atoms in total. The van der Waals surface area contributed by atoms with Crippen LogP contribution in [0.5, 0.6) is 0 Å². The fourth-order valence-electron chi connectivity index (χ4n) is 1.72. The summed E-state index contributed by atoms with van der Waals surface area (Å²) in [5.74, 6) is -0.328. The Labute approximate surface area is 121 Å². The lowest BCUT2D eigenvalue weighted by atomic mass is 10.0. The number of hydrogen-bond donors (Lipinski definition) is 0. The van der Waals surface area contributed by atoms with Gasteiger partial charge in [-0.2, -0.15) is 0 Å². The number of benzene rings is 2. The third-order valence-corrected chi connectivity index (χ3v) is 3.20. The van der Waals surface area contributed by atoms with Crippen LogP contribution in [0.1, 0.15) is 17.3 Å². The molecule has 0 atom stereocenters. The minimum Gasteiger partial charge on any atom is -0.462 e. The Morgan fingerprint density at radius 2 is 1.79 bits per heavy atom. The molecule has 0 aliphatic heterocycles. The van der Waals surface area contributed by atoms with Crippen LogP contribution >= 0.6 is 23.2 Å². The lowest BCUT2D eigenvalue weighted by Gasteiger charge is -2.06. The number of carbonyl (C=O) groups is 1. The van der Waals surface area contributed by atoms with E-state index < -0.39 is 0 Å². The molecule has 0 aliphatic rings. The zero-order valence-electron chi connectivity index (χ0n) is 10.3. The molecule has 0 N–H and O–H groups in total. The van der Waals surface area contributed by atoms with Crippen molar-refractivity contribution in [3.05, 3.63) is 58.1 Å². The Hall–Kier alpha value is -1.51. The van der Waals surface area contributed by atoms with Gasteiger partial charge in [0.25, 0.3) is 0 Å². The molecule has 0 heterocycles. The summed E-state index contributed by atoms with van der Waals surface area (Å²) >= 11 is 12.1. The summed E-state index contributed by atoms with van der Waals surface area (Å²) in [6, 6.07) is 12.4. The molecular weight excluding hydrogens is 283 g/mol. The van der Waals surface area contributed by atoms with Gasteiger partial charge in [-0.1, -0.05) is 35.3 Å². The summed E-state index contributed by atoms with van der Waals surface area (Å²) in [5, 5.41) is 1.24. The molecule has 4 heteroatoms. The average molecular weight is 295 g/mol. The standard InChI is InChI=1S/C15H12Cl2O2/c1-2-19-15(18)11-5-3-10(4-6-11)13-9-12(16)7-8-14(13)17/h3-9H,2H2,1H3. The molecular formula is C15H12Cl2O2. The van der Waals surface area contributed by atoms with Crippen molar-refractivity contribution in [1.29, 1.82) is 0 Å². The van der Waals surface area contributed by atoms with Crippen molar-refractivity contribution < 1.29 is 9.53 Å². The topological polar surface area (TPSA) is 26.3 Å². The van der Waals surface area contributed by atoms with Crippen LogP contribution in [-0.4, -0.2) is 12.6 Å². The molecule has 0 radical (unpaired) electrons. The SMILES string of the molecule is CCOC(=O)c1ccc(-c2cc(Cl)ccc2Cl)cc1. The Morgan fingerprint density at radius 3 is 2.42 bits per heavy atom. The van der Waals surface area contributed by atoms with Crippen molar-refractivity contribution in [1.82, 2.24) is 0 Å². The maximum Gasteiger partial charge on any atom is 0.338 e. The predicted octanol–water partition coefficient (Wildman–Crippen LogP) is 4.84. The summed E-state index contributed by atoms with van der Waals surface area (Å²) in [4.78, 5) is 11.5. The van der Waals surface area contributed by atoms with Crippen LogP contribution < -0.4 is 0 Å². The van der Waals surface area contributed by atoms with Crippen LogP contribution in [0.3, 0.4) is 0 Å². The Bertz CT molecular complexity index is 592. The first-order chi connectivity index (χ1) is 9.11. The van der Waals surface area contributed by atoms with E-state index in [9.17, 15) is 4.79 Å². The van der Waals surface area contributed by atoms with E-state index in [1.165, 1.54) is 0 Å². The first-order valence-corrected chi connectivity index (χ1v) is 6.60. The summed E-state index contributed by atoms with van der Waals surface area (Å²) in [6.07, 6.45) is 0. The van der Waals surface area contributed by atoms with Gasteiger partial charge in [-0.25, -0.2) is 4.79 Å². The van der Waals surface area contributed by atoms with E-state index in [0.29, 0.717) is 22.2 Å². The van der Waals surface area contributed by atoms with E-state index in [-0.39, 0.29) is 5.97 Å². The van der Waals surface area contributed by atoms with Crippen molar-refractivity contribution in [2.45, 2.75) is 6.92 Å². The van der Waals surface area contributed by atoms with Gasteiger partial charge in [0, 0.05) is 15.6 Å². The molecule has 2 aromatic rings. The zero-order valence-corrected chi connectivity index (χ0v) is 11.8. The highest BCUT2D eigenvalue weighted by Crippen LogP contribution is 2.30. The molecule has 98 valence electrons. The van der Waals surface area contributed by atoms with Crippen LogP contribution in [0.4, 0.5) is 0 Å². The maximum absolute atomic E-state index is 11.5. The number of ether oxygens (including phenoxy) is 1. The number of halogens is 2. The smallest absolute Gasteiger partial charge is 0.338 e. The fourth-order valence-corrected chi connectivity index (χ4v) is 2.12. The molecule has 0 amide bonds. The van der Waals surface area contributed by atoms with Crippen molar-refractivity contribution >= 4 is 29.2 Å². The molecule has 19 heavy (non-hydrogen) atoms. The molecule has 0 bridgehead atoms. The second kappa shape index (κ2) is 6.09. The first-order valence-electron chi connectivity index (χ1n) is 5.84. The fraction of sp³-hybridized carbons (Fsp3) is 0.133. The highest BCUT2D eigenvalue weighted by molar-refractivity contribution is 6.35. The lowest BCUT2D eigenvalue weighted by Crippen LogP contribution is -2.03. The third kappa shape index (κ3) is 3.28. The van der Waals surface area contributed by atoms with Crippen molar-refractivity contribution in [2.24, 2.45) is 0 Å². The van der Waals surface area contributed by atoms with Gasteiger partial charge in [-0.15, -0.1) is 0 Å². The van der Waals surface area contributed by atoms with Crippen LogP contribution in [0, 0.1) is 0 Å². The number of hydrogen-bond acceptors (Lipinski definition) is 2. The second-order valence-electron chi connectivity index (χ2n) is 3.92. The van der Waals surface area contributed by atoms with E-state index in [0.717, 1.165) is 11.1 Å². The van der Waals surface area contributed by atoms with Crippen LogP contribution in [0.25, 0.3) is 11.1 Å². The van der Waals surface area contributed by atoms with Gasteiger partial charge >= 0.3 is 5.97 Å². The number of esters is 1. The normalized spacial score (nSPS) is 10.3. The zero-order chi connectivity index (χ0) is 13.8. The quantitative estimate of drug-likeness (QED) is 0.757. The van der Waals surface area contributed by atoms with E-state index >= 15 is 0 Å².